The molecule has 2 N–H and O–H groups in total. The summed E-state index contributed by atoms with van der Waals surface area (Å²) < 4.78 is 1.45. The molecule has 23 heavy (non-hydrogen) atoms. The lowest BCUT2D eigenvalue weighted by Gasteiger charge is -2.06. The van der Waals surface area contributed by atoms with Crippen LogP contribution >= 0.6 is 11.3 Å². The summed E-state index contributed by atoms with van der Waals surface area (Å²) in [6.45, 7) is 2.45. The Bertz CT molecular complexity index is 866. The molecule has 0 aliphatic rings. The third-order valence-corrected chi connectivity index (χ3v) is 4.15. The van der Waals surface area contributed by atoms with Gasteiger partial charge in [-0.3, -0.25) is 19.3 Å². The van der Waals surface area contributed by atoms with E-state index in [2.05, 4.69) is 20.5 Å². The van der Waals surface area contributed by atoms with Crippen molar-refractivity contribution in [3.8, 4) is 10.6 Å². The van der Waals surface area contributed by atoms with Crippen molar-refractivity contribution in [2.75, 3.05) is 6.54 Å². The summed E-state index contributed by atoms with van der Waals surface area (Å²) in [5.74, 6) is -0.280. The van der Waals surface area contributed by atoms with Crippen LogP contribution in [0.3, 0.4) is 0 Å². The van der Waals surface area contributed by atoms with E-state index in [-0.39, 0.29) is 11.5 Å². The number of aromatic amines is 1. The number of nitrogens with zero attached hydrogens (tertiary/aromatic N) is 3. The highest BCUT2D eigenvalue weighted by atomic mass is 32.1. The zero-order valence-corrected chi connectivity index (χ0v) is 13.3. The average molecular weight is 329 g/mol. The maximum Gasteiger partial charge on any atom is 0.271 e. The van der Waals surface area contributed by atoms with Gasteiger partial charge in [0.1, 0.15) is 0 Å². The molecule has 1 amide bonds. The van der Waals surface area contributed by atoms with E-state index in [1.165, 1.54) is 17.0 Å². The number of hydrogen-bond acceptors (Lipinski definition) is 5. The Labute approximate surface area is 136 Å². The Morgan fingerprint density at radius 2 is 2.30 bits per heavy atom. The van der Waals surface area contributed by atoms with Gasteiger partial charge in [0, 0.05) is 24.8 Å². The van der Waals surface area contributed by atoms with Crippen LogP contribution < -0.4 is 10.9 Å². The molecule has 118 valence electrons. The molecule has 0 atom stereocenters. The summed E-state index contributed by atoms with van der Waals surface area (Å²) in [5.41, 5.74) is 1.67. The lowest BCUT2D eigenvalue weighted by Crippen LogP contribution is -2.31. The van der Waals surface area contributed by atoms with Gasteiger partial charge in [-0.25, -0.2) is 4.98 Å². The normalized spacial score (nSPS) is 10.7. The molecule has 3 rings (SSSR count). The number of hydrogen-bond donors (Lipinski definition) is 2. The van der Waals surface area contributed by atoms with Gasteiger partial charge < -0.3 is 5.32 Å². The highest BCUT2D eigenvalue weighted by molar-refractivity contribution is 7.13. The van der Waals surface area contributed by atoms with Crippen molar-refractivity contribution in [1.29, 1.82) is 0 Å². The van der Waals surface area contributed by atoms with Gasteiger partial charge in [0.15, 0.2) is 5.69 Å². The van der Waals surface area contributed by atoms with E-state index >= 15 is 0 Å². The molecule has 0 bridgehead atoms. The van der Waals surface area contributed by atoms with Crippen molar-refractivity contribution in [3.05, 3.63) is 57.7 Å². The molecule has 0 saturated heterocycles. The number of carbonyl (C=O) groups is 1. The molecule has 0 unspecified atom stereocenters. The van der Waals surface area contributed by atoms with Gasteiger partial charge in [0.2, 0.25) is 0 Å². The summed E-state index contributed by atoms with van der Waals surface area (Å²) in [6.07, 6.45) is 1.48. The molecular formula is C15H15N5O2S. The first-order valence-electron chi connectivity index (χ1n) is 7.04. The van der Waals surface area contributed by atoms with Crippen molar-refractivity contribution in [2.45, 2.75) is 13.5 Å². The summed E-state index contributed by atoms with van der Waals surface area (Å²) in [4.78, 5) is 28.9. The molecule has 0 fully saturated rings. The summed E-state index contributed by atoms with van der Waals surface area (Å²) in [6, 6.07) is 7.06. The molecule has 3 heterocycles. The first kappa shape index (κ1) is 15.2. The monoisotopic (exact) mass is 329 g/mol. The predicted molar refractivity (Wildman–Crippen MR) is 87.5 cm³/mol. The maximum absolute atomic E-state index is 12.1. The van der Waals surface area contributed by atoms with E-state index in [1.54, 1.807) is 24.3 Å². The number of amides is 1. The van der Waals surface area contributed by atoms with Crippen LogP contribution in [0.4, 0.5) is 0 Å². The fourth-order valence-electron chi connectivity index (χ4n) is 2.06. The highest BCUT2D eigenvalue weighted by Crippen LogP contribution is 2.22. The molecule has 0 spiro atoms. The predicted octanol–water partition coefficient (Wildman–Crippen LogP) is 1.43. The van der Waals surface area contributed by atoms with Gasteiger partial charge in [-0.1, -0.05) is 6.07 Å². The van der Waals surface area contributed by atoms with E-state index in [4.69, 9.17) is 0 Å². The second-order valence-electron chi connectivity index (χ2n) is 4.96. The zero-order valence-electron chi connectivity index (χ0n) is 12.4. The van der Waals surface area contributed by atoms with Crippen molar-refractivity contribution < 1.29 is 4.79 Å². The van der Waals surface area contributed by atoms with Crippen LogP contribution in [0.1, 0.15) is 16.2 Å². The van der Waals surface area contributed by atoms with E-state index in [9.17, 15) is 9.59 Å². The van der Waals surface area contributed by atoms with Crippen LogP contribution in [0.25, 0.3) is 10.6 Å². The molecule has 0 radical (unpaired) electrons. The Kier molecular flexibility index (Phi) is 4.33. The Balaban J connectivity index is 1.58. The lowest BCUT2D eigenvalue weighted by atomic mass is 10.3. The maximum atomic E-state index is 12.1. The molecule has 7 nitrogen and oxygen atoms in total. The minimum absolute atomic E-state index is 0.133. The second-order valence-corrected chi connectivity index (χ2v) is 5.91. The standard InChI is InChI=1S/C15H15N5O2S/c1-10-7-14(21)20(9-17-10)5-4-16-15(22)12-8-11(18-19-12)13-3-2-6-23-13/h2-3,6-9H,4-5H2,1H3,(H,16,22)(H,18,19). The Hall–Kier alpha value is -2.74. The quantitative estimate of drug-likeness (QED) is 0.740. The van der Waals surface area contributed by atoms with Gasteiger partial charge in [0.25, 0.3) is 11.5 Å². The third kappa shape index (κ3) is 3.54. The largest absolute Gasteiger partial charge is 0.349 e. The number of nitrogens with one attached hydrogen (secondary N) is 2. The van der Waals surface area contributed by atoms with Gasteiger partial charge in [0.05, 0.1) is 16.9 Å². The summed E-state index contributed by atoms with van der Waals surface area (Å²) >= 11 is 1.57. The number of rotatable bonds is 5. The number of carbonyl (C=O) groups excluding carboxylic acids is 1. The van der Waals surface area contributed by atoms with Gasteiger partial charge in [-0.05, 0) is 24.4 Å². The molecule has 0 aromatic carbocycles. The average Bonchev–Trinajstić information content (AvgIpc) is 3.20. The molecule has 3 aromatic rings. The van der Waals surface area contributed by atoms with E-state index in [1.807, 2.05) is 17.5 Å². The summed E-state index contributed by atoms with van der Waals surface area (Å²) in [7, 11) is 0. The van der Waals surface area contributed by atoms with Crippen LogP contribution in [0.2, 0.25) is 0 Å². The van der Waals surface area contributed by atoms with E-state index < -0.39 is 0 Å². The van der Waals surface area contributed by atoms with Crippen LogP contribution in [0, 0.1) is 6.92 Å². The first-order valence-corrected chi connectivity index (χ1v) is 7.92. The SMILES string of the molecule is Cc1cc(=O)n(CCNC(=O)c2cc(-c3cccs3)[nH]n2)cn1. The van der Waals surface area contributed by atoms with Gasteiger partial charge in [-0.15, -0.1) is 11.3 Å². The van der Waals surface area contributed by atoms with E-state index in [0.29, 0.717) is 24.5 Å². The van der Waals surface area contributed by atoms with Crippen LogP contribution in [-0.2, 0) is 6.54 Å². The van der Waals surface area contributed by atoms with Crippen molar-refractivity contribution >= 4 is 17.2 Å². The molecule has 3 aromatic heterocycles. The number of aryl methyl sites for hydroxylation is 1. The number of H-pyrrole nitrogens is 1. The number of aromatic nitrogens is 4. The minimum Gasteiger partial charge on any atom is -0.349 e. The molecule has 0 aliphatic carbocycles. The number of thiophene rings is 1. The van der Waals surface area contributed by atoms with E-state index in [0.717, 1.165) is 10.6 Å². The zero-order chi connectivity index (χ0) is 16.2. The van der Waals surface area contributed by atoms with Crippen LogP contribution in [0.5, 0.6) is 0 Å². The molecule has 0 saturated carbocycles. The fraction of sp³-hybridized carbons (Fsp3) is 0.200. The third-order valence-electron chi connectivity index (χ3n) is 3.25. The molecule has 0 aliphatic heterocycles. The Morgan fingerprint density at radius 1 is 1.43 bits per heavy atom. The van der Waals surface area contributed by atoms with Crippen LogP contribution in [0.15, 0.2) is 40.8 Å². The van der Waals surface area contributed by atoms with Crippen LogP contribution in [-0.4, -0.2) is 32.2 Å². The van der Waals surface area contributed by atoms with Crippen molar-refractivity contribution in [1.82, 2.24) is 25.1 Å². The Morgan fingerprint density at radius 3 is 3.04 bits per heavy atom. The van der Waals surface area contributed by atoms with Crippen molar-refractivity contribution in [3.63, 3.8) is 0 Å². The second kappa shape index (κ2) is 6.57. The summed E-state index contributed by atoms with van der Waals surface area (Å²) in [5, 5.41) is 11.6. The van der Waals surface area contributed by atoms with Gasteiger partial charge >= 0.3 is 0 Å². The highest BCUT2D eigenvalue weighted by Gasteiger charge is 2.11. The first-order chi connectivity index (χ1) is 11.1. The van der Waals surface area contributed by atoms with Crippen molar-refractivity contribution in [2.24, 2.45) is 0 Å². The molecule has 8 heteroatoms. The minimum atomic E-state index is -0.280. The lowest BCUT2D eigenvalue weighted by molar-refractivity contribution is 0.0947. The van der Waals surface area contributed by atoms with Gasteiger partial charge in [-0.2, -0.15) is 5.10 Å². The topological polar surface area (TPSA) is 92.7 Å². The smallest absolute Gasteiger partial charge is 0.271 e. The molecular weight excluding hydrogens is 314 g/mol. The fourth-order valence-corrected chi connectivity index (χ4v) is 2.75.